The van der Waals surface area contributed by atoms with Gasteiger partial charge in [0.15, 0.2) is 0 Å². The first-order valence-corrected chi connectivity index (χ1v) is 6.44. The number of hydrogen-bond donors (Lipinski definition) is 1. The van der Waals surface area contributed by atoms with E-state index in [4.69, 9.17) is 0 Å². The molecule has 1 aliphatic carbocycles. The largest absolute Gasteiger partial charge is 0.317 e. The molecule has 1 saturated carbocycles. The molecule has 0 heterocycles. The fourth-order valence-corrected chi connectivity index (χ4v) is 2.66. The number of rotatable bonds is 5. The van der Waals surface area contributed by atoms with Crippen LogP contribution < -0.4 is 5.32 Å². The fraction of sp³-hybridized carbons (Fsp3) is 0.600. The van der Waals surface area contributed by atoms with Crippen LogP contribution in [-0.2, 0) is 6.42 Å². The molecule has 1 aliphatic rings. The number of aryl methyl sites for hydroxylation is 2. The maximum absolute atomic E-state index is 3.47. The molecule has 0 saturated heterocycles. The van der Waals surface area contributed by atoms with E-state index in [2.05, 4.69) is 44.4 Å². The Bertz CT molecular complexity index is 332. The second kappa shape index (κ2) is 5.01. The van der Waals surface area contributed by atoms with E-state index in [1.807, 2.05) is 0 Å². The van der Waals surface area contributed by atoms with Crippen LogP contribution >= 0.6 is 0 Å². The van der Waals surface area contributed by atoms with Crippen LogP contribution in [-0.4, -0.2) is 13.1 Å². The van der Waals surface area contributed by atoms with Crippen LogP contribution in [0.1, 0.15) is 36.0 Å². The summed E-state index contributed by atoms with van der Waals surface area (Å²) in [6.45, 7) is 4.46. The minimum atomic E-state index is 0.735. The minimum Gasteiger partial charge on any atom is -0.317 e. The molecular formula is C15H23N. The maximum atomic E-state index is 3.47. The van der Waals surface area contributed by atoms with Crippen molar-refractivity contribution in [1.29, 1.82) is 0 Å². The van der Waals surface area contributed by atoms with Crippen molar-refractivity contribution in [2.24, 2.45) is 5.92 Å². The highest BCUT2D eigenvalue weighted by atomic mass is 14.9. The zero-order valence-electron chi connectivity index (χ0n) is 10.7. The molecule has 0 spiro atoms. The quantitative estimate of drug-likeness (QED) is 0.798. The molecule has 0 aliphatic heterocycles. The molecule has 2 rings (SSSR count). The Kier molecular flexibility index (Phi) is 3.65. The van der Waals surface area contributed by atoms with Crippen molar-refractivity contribution >= 4 is 0 Å². The molecule has 1 heteroatoms. The van der Waals surface area contributed by atoms with Crippen LogP contribution in [0.15, 0.2) is 18.2 Å². The van der Waals surface area contributed by atoms with Crippen molar-refractivity contribution in [2.75, 3.05) is 7.05 Å². The SMILES string of the molecule is CNC(CCc1c(C)cccc1C)C1CC1. The molecule has 16 heavy (non-hydrogen) atoms. The van der Waals surface area contributed by atoms with Crippen molar-refractivity contribution in [1.82, 2.24) is 5.32 Å². The molecule has 1 unspecified atom stereocenters. The van der Waals surface area contributed by atoms with Crippen molar-refractivity contribution in [3.63, 3.8) is 0 Å². The molecule has 1 nitrogen and oxygen atoms in total. The summed E-state index contributed by atoms with van der Waals surface area (Å²) in [5.41, 5.74) is 4.46. The van der Waals surface area contributed by atoms with E-state index in [-0.39, 0.29) is 0 Å². The molecule has 1 aromatic rings. The van der Waals surface area contributed by atoms with Gasteiger partial charge in [-0.05, 0) is 69.2 Å². The second-order valence-electron chi connectivity index (χ2n) is 5.14. The third kappa shape index (κ3) is 2.65. The van der Waals surface area contributed by atoms with E-state index < -0.39 is 0 Å². The predicted molar refractivity (Wildman–Crippen MR) is 69.8 cm³/mol. The van der Waals surface area contributed by atoms with E-state index in [0.29, 0.717) is 0 Å². The Morgan fingerprint density at radius 3 is 2.38 bits per heavy atom. The first-order valence-electron chi connectivity index (χ1n) is 6.44. The third-order valence-corrected chi connectivity index (χ3v) is 3.91. The van der Waals surface area contributed by atoms with Crippen LogP contribution in [0, 0.1) is 19.8 Å². The first-order chi connectivity index (χ1) is 7.72. The van der Waals surface area contributed by atoms with Gasteiger partial charge in [-0.3, -0.25) is 0 Å². The van der Waals surface area contributed by atoms with Crippen LogP contribution in [0.5, 0.6) is 0 Å². The number of nitrogens with one attached hydrogen (secondary N) is 1. The van der Waals surface area contributed by atoms with Crippen LogP contribution in [0.2, 0.25) is 0 Å². The molecule has 0 radical (unpaired) electrons. The van der Waals surface area contributed by atoms with Gasteiger partial charge in [0.1, 0.15) is 0 Å². The standard InChI is InChI=1S/C15H23N/c1-11-5-4-6-12(2)14(11)9-10-15(16-3)13-7-8-13/h4-6,13,15-16H,7-10H2,1-3H3. The van der Waals surface area contributed by atoms with E-state index in [9.17, 15) is 0 Å². The summed E-state index contributed by atoms with van der Waals surface area (Å²) < 4.78 is 0. The smallest absolute Gasteiger partial charge is 0.00954 e. The predicted octanol–water partition coefficient (Wildman–Crippen LogP) is 3.23. The van der Waals surface area contributed by atoms with Crippen molar-refractivity contribution in [3.05, 3.63) is 34.9 Å². The van der Waals surface area contributed by atoms with Gasteiger partial charge >= 0.3 is 0 Å². The normalized spacial score (nSPS) is 17.4. The summed E-state index contributed by atoms with van der Waals surface area (Å²) in [7, 11) is 2.10. The van der Waals surface area contributed by atoms with Gasteiger partial charge in [0, 0.05) is 6.04 Å². The molecule has 1 atom stereocenters. The second-order valence-corrected chi connectivity index (χ2v) is 5.14. The molecule has 0 bridgehead atoms. The third-order valence-electron chi connectivity index (χ3n) is 3.91. The molecule has 0 aromatic heterocycles. The molecule has 1 aromatic carbocycles. The Morgan fingerprint density at radius 1 is 1.25 bits per heavy atom. The molecular weight excluding hydrogens is 194 g/mol. The highest BCUT2D eigenvalue weighted by Gasteiger charge is 2.29. The van der Waals surface area contributed by atoms with Gasteiger partial charge in [0.25, 0.3) is 0 Å². The monoisotopic (exact) mass is 217 g/mol. The first kappa shape index (κ1) is 11.7. The molecule has 0 amide bonds. The summed E-state index contributed by atoms with van der Waals surface area (Å²) >= 11 is 0. The average molecular weight is 217 g/mol. The van der Waals surface area contributed by atoms with Gasteiger partial charge in [-0.1, -0.05) is 18.2 Å². The highest BCUT2D eigenvalue weighted by Crippen LogP contribution is 2.34. The van der Waals surface area contributed by atoms with Crippen LogP contribution in [0.3, 0.4) is 0 Å². The average Bonchev–Trinajstić information content (AvgIpc) is 3.07. The number of hydrogen-bond acceptors (Lipinski definition) is 1. The molecule has 88 valence electrons. The van der Waals surface area contributed by atoms with E-state index >= 15 is 0 Å². The van der Waals surface area contributed by atoms with Gasteiger partial charge in [0.05, 0.1) is 0 Å². The lowest BCUT2D eigenvalue weighted by Gasteiger charge is -2.17. The van der Waals surface area contributed by atoms with Crippen molar-refractivity contribution in [3.8, 4) is 0 Å². The van der Waals surface area contributed by atoms with Gasteiger partial charge in [-0.2, -0.15) is 0 Å². The molecule has 1 fully saturated rings. The van der Waals surface area contributed by atoms with Crippen LogP contribution in [0.4, 0.5) is 0 Å². The Hall–Kier alpha value is -0.820. The Labute approximate surface area is 99.3 Å². The summed E-state index contributed by atoms with van der Waals surface area (Å²) in [5.74, 6) is 0.953. The van der Waals surface area contributed by atoms with E-state index in [0.717, 1.165) is 12.0 Å². The van der Waals surface area contributed by atoms with Gasteiger partial charge in [-0.25, -0.2) is 0 Å². The number of benzene rings is 1. The lowest BCUT2D eigenvalue weighted by Crippen LogP contribution is -2.28. The lowest BCUT2D eigenvalue weighted by atomic mass is 9.95. The van der Waals surface area contributed by atoms with Crippen molar-refractivity contribution < 1.29 is 0 Å². The van der Waals surface area contributed by atoms with Gasteiger partial charge in [-0.15, -0.1) is 0 Å². The lowest BCUT2D eigenvalue weighted by molar-refractivity contribution is 0.470. The topological polar surface area (TPSA) is 12.0 Å². The Balaban J connectivity index is 1.98. The summed E-state index contributed by atoms with van der Waals surface area (Å²) in [6.07, 6.45) is 5.36. The van der Waals surface area contributed by atoms with E-state index in [1.165, 1.54) is 36.8 Å². The zero-order chi connectivity index (χ0) is 11.5. The van der Waals surface area contributed by atoms with E-state index in [1.54, 1.807) is 5.56 Å². The fourth-order valence-electron chi connectivity index (χ4n) is 2.66. The van der Waals surface area contributed by atoms with Crippen molar-refractivity contribution in [2.45, 2.75) is 45.6 Å². The summed E-state index contributed by atoms with van der Waals surface area (Å²) in [4.78, 5) is 0. The van der Waals surface area contributed by atoms with Gasteiger partial charge in [0.2, 0.25) is 0 Å². The van der Waals surface area contributed by atoms with Crippen LogP contribution in [0.25, 0.3) is 0 Å². The Morgan fingerprint density at radius 2 is 1.88 bits per heavy atom. The summed E-state index contributed by atoms with van der Waals surface area (Å²) in [6, 6.07) is 7.35. The minimum absolute atomic E-state index is 0.735. The maximum Gasteiger partial charge on any atom is 0.00954 e. The highest BCUT2D eigenvalue weighted by molar-refractivity contribution is 5.33. The zero-order valence-corrected chi connectivity index (χ0v) is 10.7. The van der Waals surface area contributed by atoms with Gasteiger partial charge < -0.3 is 5.32 Å². The molecule has 1 N–H and O–H groups in total. The summed E-state index contributed by atoms with van der Waals surface area (Å²) in [5, 5.41) is 3.47.